The molecule has 1 N–H and O–H groups in total. The minimum absolute atomic E-state index is 0.00719. The first-order valence-corrected chi connectivity index (χ1v) is 8.09. The second-order valence-electron chi connectivity index (χ2n) is 6.20. The Labute approximate surface area is 141 Å². The van der Waals surface area contributed by atoms with Crippen LogP contribution in [0.15, 0.2) is 42.7 Å². The molecule has 1 saturated heterocycles. The molecule has 0 bridgehead atoms. The van der Waals surface area contributed by atoms with E-state index in [4.69, 9.17) is 0 Å². The van der Waals surface area contributed by atoms with Crippen molar-refractivity contribution in [2.45, 2.75) is 26.8 Å². The lowest BCUT2D eigenvalue weighted by Gasteiger charge is -2.20. The molecule has 1 aliphatic rings. The van der Waals surface area contributed by atoms with Crippen LogP contribution in [0.4, 0.5) is 5.69 Å². The Balaban J connectivity index is 1.66. The maximum Gasteiger partial charge on any atom is 0.227 e. The van der Waals surface area contributed by atoms with Crippen molar-refractivity contribution >= 4 is 17.5 Å². The van der Waals surface area contributed by atoms with Crippen molar-refractivity contribution < 1.29 is 9.59 Å². The van der Waals surface area contributed by atoms with E-state index in [0.717, 1.165) is 22.4 Å². The van der Waals surface area contributed by atoms with Crippen LogP contribution >= 0.6 is 0 Å². The van der Waals surface area contributed by atoms with Crippen LogP contribution < -0.4 is 10.2 Å². The first kappa shape index (κ1) is 16.2. The minimum Gasteiger partial charge on any atom is -0.352 e. The standard InChI is InChI=1S/C19H21N3O2/c1-13-4-3-5-17(14(13)2)22-12-16(10-18(22)23)19(24)21-11-15-6-8-20-9-7-15/h3-9,16H,10-12H2,1-2H3,(H,21,24). The Hall–Kier alpha value is -2.69. The lowest BCUT2D eigenvalue weighted by atomic mass is 10.1. The lowest BCUT2D eigenvalue weighted by Crippen LogP contribution is -2.32. The fourth-order valence-corrected chi connectivity index (χ4v) is 2.98. The van der Waals surface area contributed by atoms with Crippen LogP contribution in [0.1, 0.15) is 23.1 Å². The molecular weight excluding hydrogens is 302 g/mol. The average Bonchev–Trinajstić information content (AvgIpc) is 2.98. The van der Waals surface area contributed by atoms with Crippen LogP contribution in [0, 0.1) is 19.8 Å². The maximum atomic E-state index is 12.4. The molecule has 1 unspecified atom stereocenters. The highest BCUT2D eigenvalue weighted by atomic mass is 16.2. The van der Waals surface area contributed by atoms with Gasteiger partial charge >= 0.3 is 0 Å². The predicted octanol–water partition coefficient (Wildman–Crippen LogP) is 2.37. The summed E-state index contributed by atoms with van der Waals surface area (Å²) in [5.41, 5.74) is 4.13. The normalized spacial score (nSPS) is 17.2. The molecule has 124 valence electrons. The molecule has 3 rings (SSSR count). The summed E-state index contributed by atoms with van der Waals surface area (Å²) in [5.74, 6) is -0.375. The van der Waals surface area contributed by atoms with Gasteiger partial charge in [-0.3, -0.25) is 14.6 Å². The van der Waals surface area contributed by atoms with Crippen molar-refractivity contribution in [2.24, 2.45) is 5.92 Å². The van der Waals surface area contributed by atoms with Crippen LogP contribution in [0.2, 0.25) is 0 Å². The largest absolute Gasteiger partial charge is 0.352 e. The molecule has 5 heteroatoms. The number of carbonyl (C=O) groups excluding carboxylic acids is 2. The number of amides is 2. The van der Waals surface area contributed by atoms with E-state index in [1.165, 1.54) is 0 Å². The number of anilines is 1. The SMILES string of the molecule is Cc1cccc(N2CC(C(=O)NCc3ccncc3)CC2=O)c1C. The number of hydrogen-bond donors (Lipinski definition) is 1. The maximum absolute atomic E-state index is 12.4. The van der Waals surface area contributed by atoms with E-state index in [9.17, 15) is 9.59 Å². The summed E-state index contributed by atoms with van der Waals surface area (Å²) in [5, 5.41) is 2.91. The Bertz CT molecular complexity index is 758. The molecule has 2 aromatic rings. The summed E-state index contributed by atoms with van der Waals surface area (Å²) in [7, 11) is 0. The second kappa shape index (κ2) is 6.83. The van der Waals surface area contributed by atoms with Crippen molar-refractivity contribution in [1.29, 1.82) is 0 Å². The molecule has 1 fully saturated rings. The zero-order valence-corrected chi connectivity index (χ0v) is 14.0. The Morgan fingerprint density at radius 1 is 1.25 bits per heavy atom. The van der Waals surface area contributed by atoms with E-state index < -0.39 is 0 Å². The smallest absolute Gasteiger partial charge is 0.227 e. The van der Waals surface area contributed by atoms with E-state index in [0.29, 0.717) is 13.1 Å². The molecule has 1 aliphatic heterocycles. The summed E-state index contributed by atoms with van der Waals surface area (Å²) in [6, 6.07) is 9.64. The summed E-state index contributed by atoms with van der Waals surface area (Å²) in [6.45, 7) is 4.92. The van der Waals surface area contributed by atoms with Crippen LogP contribution in [-0.2, 0) is 16.1 Å². The number of aryl methyl sites for hydroxylation is 1. The number of hydrogen-bond acceptors (Lipinski definition) is 3. The number of nitrogens with zero attached hydrogens (tertiary/aromatic N) is 2. The minimum atomic E-state index is -0.306. The topological polar surface area (TPSA) is 62.3 Å². The van der Waals surface area contributed by atoms with Gasteiger partial charge in [-0.2, -0.15) is 0 Å². The first-order chi connectivity index (χ1) is 11.6. The molecule has 1 aromatic carbocycles. The van der Waals surface area contributed by atoms with Gasteiger partial charge in [-0.25, -0.2) is 0 Å². The van der Waals surface area contributed by atoms with Crippen LogP contribution in [0.3, 0.4) is 0 Å². The highest BCUT2D eigenvalue weighted by Crippen LogP contribution is 2.29. The molecule has 1 atom stereocenters. The number of pyridine rings is 1. The number of benzene rings is 1. The molecule has 0 spiro atoms. The number of carbonyl (C=O) groups is 2. The van der Waals surface area contributed by atoms with Crippen molar-refractivity contribution in [3.63, 3.8) is 0 Å². The molecule has 0 radical (unpaired) electrons. The van der Waals surface area contributed by atoms with Gasteiger partial charge in [-0.15, -0.1) is 0 Å². The number of nitrogens with one attached hydrogen (secondary N) is 1. The summed E-state index contributed by atoms with van der Waals surface area (Å²) < 4.78 is 0. The molecule has 1 aromatic heterocycles. The Morgan fingerprint density at radius 3 is 2.75 bits per heavy atom. The zero-order valence-electron chi connectivity index (χ0n) is 14.0. The van der Waals surface area contributed by atoms with Crippen molar-refractivity contribution in [2.75, 3.05) is 11.4 Å². The monoisotopic (exact) mass is 323 g/mol. The van der Waals surface area contributed by atoms with Gasteiger partial charge in [0.05, 0.1) is 5.92 Å². The van der Waals surface area contributed by atoms with Crippen molar-refractivity contribution in [3.8, 4) is 0 Å². The fraction of sp³-hybridized carbons (Fsp3) is 0.316. The van der Waals surface area contributed by atoms with Gasteiger partial charge in [0.2, 0.25) is 11.8 Å². The summed E-state index contributed by atoms with van der Waals surface area (Å²) in [6.07, 6.45) is 3.65. The number of aromatic nitrogens is 1. The number of rotatable bonds is 4. The van der Waals surface area contributed by atoms with Gasteiger partial charge in [-0.05, 0) is 48.7 Å². The third-order valence-corrected chi connectivity index (χ3v) is 4.58. The first-order valence-electron chi connectivity index (χ1n) is 8.09. The molecular formula is C19H21N3O2. The van der Waals surface area contributed by atoms with E-state index in [1.807, 2.05) is 44.2 Å². The molecule has 2 heterocycles. The fourth-order valence-electron chi connectivity index (χ4n) is 2.98. The van der Waals surface area contributed by atoms with Crippen molar-refractivity contribution in [3.05, 3.63) is 59.4 Å². The molecule has 24 heavy (non-hydrogen) atoms. The molecule has 2 amide bonds. The van der Waals surface area contributed by atoms with Gasteiger partial charge < -0.3 is 10.2 Å². The third kappa shape index (κ3) is 3.30. The van der Waals surface area contributed by atoms with Crippen molar-refractivity contribution in [1.82, 2.24) is 10.3 Å². The van der Waals surface area contributed by atoms with E-state index in [-0.39, 0.29) is 24.2 Å². The average molecular weight is 323 g/mol. The quantitative estimate of drug-likeness (QED) is 0.939. The highest BCUT2D eigenvalue weighted by molar-refractivity contribution is 6.00. The summed E-state index contributed by atoms with van der Waals surface area (Å²) in [4.78, 5) is 30.4. The predicted molar refractivity (Wildman–Crippen MR) is 92.5 cm³/mol. The highest BCUT2D eigenvalue weighted by Gasteiger charge is 2.35. The zero-order chi connectivity index (χ0) is 17.1. The van der Waals surface area contributed by atoms with Gasteiger partial charge in [0.1, 0.15) is 0 Å². The molecule has 0 aliphatic carbocycles. The van der Waals surface area contributed by atoms with Gasteiger partial charge in [0.15, 0.2) is 0 Å². The van der Waals surface area contributed by atoms with Gasteiger partial charge in [0.25, 0.3) is 0 Å². The van der Waals surface area contributed by atoms with Gasteiger partial charge in [-0.1, -0.05) is 12.1 Å². The van der Waals surface area contributed by atoms with Crippen LogP contribution in [0.25, 0.3) is 0 Å². The van der Waals surface area contributed by atoms with E-state index in [2.05, 4.69) is 10.3 Å². The van der Waals surface area contributed by atoms with E-state index >= 15 is 0 Å². The third-order valence-electron chi connectivity index (χ3n) is 4.58. The van der Waals surface area contributed by atoms with Crippen LogP contribution in [0.5, 0.6) is 0 Å². The Kier molecular flexibility index (Phi) is 4.60. The summed E-state index contributed by atoms with van der Waals surface area (Å²) >= 11 is 0. The van der Waals surface area contributed by atoms with Gasteiger partial charge in [0, 0.05) is 37.6 Å². The molecule has 0 saturated carbocycles. The Morgan fingerprint density at radius 2 is 2.00 bits per heavy atom. The van der Waals surface area contributed by atoms with Crippen LogP contribution in [-0.4, -0.2) is 23.3 Å². The molecule has 5 nitrogen and oxygen atoms in total. The van der Waals surface area contributed by atoms with E-state index in [1.54, 1.807) is 17.3 Å². The lowest BCUT2D eigenvalue weighted by molar-refractivity contribution is -0.126. The second-order valence-corrected chi connectivity index (χ2v) is 6.20.